The van der Waals surface area contributed by atoms with Gasteiger partial charge in [0.25, 0.3) is 5.82 Å². The first-order valence-electron chi connectivity index (χ1n) is 4.21. The van der Waals surface area contributed by atoms with Gasteiger partial charge in [-0.2, -0.15) is 5.26 Å². The summed E-state index contributed by atoms with van der Waals surface area (Å²) in [4.78, 5) is 13.4. The lowest BCUT2D eigenvalue weighted by Crippen LogP contribution is -1.99. The molecular weight excluding hydrogens is 214 g/mol. The molecule has 2 rings (SSSR count). The first kappa shape index (κ1) is 9.85. The maximum absolute atomic E-state index is 10.4. The van der Waals surface area contributed by atoms with E-state index in [1.54, 1.807) is 6.07 Å². The average molecular weight is 219 g/mol. The summed E-state index contributed by atoms with van der Waals surface area (Å²) in [5.74, 6) is 0.0952. The molecule has 0 aromatic carbocycles. The van der Waals surface area contributed by atoms with Crippen molar-refractivity contribution in [2.24, 2.45) is 0 Å². The molecule has 0 spiro atoms. The van der Waals surface area contributed by atoms with Gasteiger partial charge in [-0.05, 0) is 6.07 Å². The zero-order chi connectivity index (χ0) is 11.5. The molecule has 2 aromatic heterocycles. The summed E-state index contributed by atoms with van der Waals surface area (Å²) in [5, 5.41) is 22.6. The molecule has 0 aliphatic heterocycles. The lowest BCUT2D eigenvalue weighted by Gasteiger charge is -1.94. The van der Waals surface area contributed by atoms with Crippen LogP contribution >= 0.6 is 0 Å². The third-order valence-electron chi connectivity index (χ3n) is 1.78. The number of nitro groups is 1. The normalized spacial score (nSPS) is 9.94. The molecule has 0 amide bonds. The first-order chi connectivity index (χ1) is 7.69. The quantitative estimate of drug-likeness (QED) is 0.554. The summed E-state index contributed by atoms with van der Waals surface area (Å²) >= 11 is 0. The smallest absolute Gasteiger partial charge is 0.404 e. The number of nitriles is 1. The third-order valence-corrected chi connectivity index (χ3v) is 1.78. The van der Waals surface area contributed by atoms with Crippen LogP contribution in [-0.4, -0.2) is 19.7 Å². The second kappa shape index (κ2) is 3.82. The van der Waals surface area contributed by atoms with Crippen LogP contribution in [0.1, 0.15) is 11.6 Å². The fourth-order valence-electron chi connectivity index (χ4n) is 1.13. The molecule has 0 saturated carbocycles. The van der Waals surface area contributed by atoms with Gasteiger partial charge in [0.2, 0.25) is 0 Å². The van der Waals surface area contributed by atoms with E-state index in [1.807, 2.05) is 0 Å². The molecule has 2 heterocycles. The van der Waals surface area contributed by atoms with E-state index in [9.17, 15) is 10.1 Å². The topological polar surface area (TPSA) is 111 Å². The Balaban J connectivity index is 2.14. The van der Waals surface area contributed by atoms with Gasteiger partial charge in [-0.3, -0.25) is 10.1 Å². The maximum Gasteiger partial charge on any atom is 0.433 e. The van der Waals surface area contributed by atoms with Crippen molar-refractivity contribution in [3.63, 3.8) is 0 Å². The van der Waals surface area contributed by atoms with Crippen molar-refractivity contribution in [3.8, 4) is 6.07 Å². The summed E-state index contributed by atoms with van der Waals surface area (Å²) in [6.07, 6.45) is 1.35. The zero-order valence-corrected chi connectivity index (χ0v) is 7.90. The molecule has 0 radical (unpaired) electrons. The van der Waals surface area contributed by atoms with Crippen LogP contribution in [0.15, 0.2) is 22.9 Å². The van der Waals surface area contributed by atoms with Crippen molar-refractivity contribution in [2.45, 2.75) is 6.54 Å². The van der Waals surface area contributed by atoms with E-state index in [0.717, 1.165) is 0 Å². The van der Waals surface area contributed by atoms with Crippen LogP contribution in [-0.2, 0) is 6.54 Å². The molecule has 0 atom stereocenters. The molecule has 8 nitrogen and oxygen atoms in total. The van der Waals surface area contributed by atoms with Gasteiger partial charge in [0, 0.05) is 0 Å². The van der Waals surface area contributed by atoms with Gasteiger partial charge in [-0.25, -0.2) is 9.67 Å². The van der Waals surface area contributed by atoms with Gasteiger partial charge in [-0.15, -0.1) is 5.10 Å². The molecule has 2 aromatic rings. The molecule has 0 N–H and O–H groups in total. The Morgan fingerprint density at radius 3 is 3.00 bits per heavy atom. The summed E-state index contributed by atoms with van der Waals surface area (Å²) < 4.78 is 6.28. The average Bonchev–Trinajstić information content (AvgIpc) is 2.87. The van der Waals surface area contributed by atoms with Crippen molar-refractivity contribution < 1.29 is 9.34 Å². The first-order valence-corrected chi connectivity index (χ1v) is 4.21. The van der Waals surface area contributed by atoms with E-state index < -0.39 is 4.92 Å². The van der Waals surface area contributed by atoms with Crippen molar-refractivity contribution in [1.82, 2.24) is 14.8 Å². The van der Waals surface area contributed by atoms with Gasteiger partial charge in [-0.1, -0.05) is 0 Å². The standard InChI is InChI=1S/C8H5N5O3/c9-3-7-10-5-12(11-7)4-6-1-2-8(16-6)13(14)15/h1-2,5H,4H2. The van der Waals surface area contributed by atoms with E-state index in [1.165, 1.54) is 23.1 Å². The van der Waals surface area contributed by atoms with E-state index in [-0.39, 0.29) is 18.3 Å². The van der Waals surface area contributed by atoms with Crippen LogP contribution in [0.4, 0.5) is 5.88 Å². The van der Waals surface area contributed by atoms with Gasteiger partial charge < -0.3 is 4.42 Å². The predicted molar refractivity (Wildman–Crippen MR) is 49.2 cm³/mol. The Bertz CT molecular complexity index is 564. The van der Waals surface area contributed by atoms with Crippen molar-refractivity contribution in [3.05, 3.63) is 40.2 Å². The lowest BCUT2D eigenvalue weighted by molar-refractivity contribution is -0.402. The maximum atomic E-state index is 10.4. The molecule has 0 bridgehead atoms. The predicted octanol–water partition coefficient (Wildman–Crippen LogP) is 0.699. The SMILES string of the molecule is N#Cc1ncn(Cc2ccc([N+](=O)[O-])o2)n1. The summed E-state index contributed by atoms with van der Waals surface area (Å²) in [6.45, 7) is 0.197. The highest BCUT2D eigenvalue weighted by Gasteiger charge is 2.12. The summed E-state index contributed by atoms with van der Waals surface area (Å²) in [7, 11) is 0. The molecule has 0 unspecified atom stereocenters. The van der Waals surface area contributed by atoms with Crippen LogP contribution < -0.4 is 0 Å². The number of aromatic nitrogens is 3. The van der Waals surface area contributed by atoms with Gasteiger partial charge in [0.15, 0.2) is 0 Å². The molecule has 0 saturated heterocycles. The van der Waals surface area contributed by atoms with Crippen LogP contribution in [0, 0.1) is 21.4 Å². The second-order valence-electron chi connectivity index (χ2n) is 2.87. The summed E-state index contributed by atoms with van der Waals surface area (Å²) in [5.41, 5.74) is 0. The third kappa shape index (κ3) is 1.88. The number of nitrogens with zero attached hydrogens (tertiary/aromatic N) is 5. The van der Waals surface area contributed by atoms with Crippen LogP contribution in [0.5, 0.6) is 0 Å². The van der Waals surface area contributed by atoms with E-state index in [2.05, 4.69) is 10.1 Å². The van der Waals surface area contributed by atoms with Crippen molar-refractivity contribution >= 4 is 5.88 Å². The Labute approximate surface area is 88.9 Å². The van der Waals surface area contributed by atoms with Gasteiger partial charge in [0.1, 0.15) is 29.6 Å². The van der Waals surface area contributed by atoms with E-state index in [0.29, 0.717) is 5.76 Å². The highest BCUT2D eigenvalue weighted by Crippen LogP contribution is 2.16. The molecule has 0 fully saturated rings. The van der Waals surface area contributed by atoms with Crippen molar-refractivity contribution in [1.29, 1.82) is 5.26 Å². The lowest BCUT2D eigenvalue weighted by atomic mass is 10.4. The number of furan rings is 1. The highest BCUT2D eigenvalue weighted by molar-refractivity contribution is 5.18. The second-order valence-corrected chi connectivity index (χ2v) is 2.87. The monoisotopic (exact) mass is 219 g/mol. The molecule has 80 valence electrons. The minimum Gasteiger partial charge on any atom is -0.404 e. The molecule has 0 aliphatic carbocycles. The Kier molecular flexibility index (Phi) is 2.35. The zero-order valence-electron chi connectivity index (χ0n) is 7.90. The number of hydrogen-bond donors (Lipinski definition) is 0. The fraction of sp³-hybridized carbons (Fsp3) is 0.125. The van der Waals surface area contributed by atoms with Gasteiger partial charge >= 0.3 is 5.88 Å². The van der Waals surface area contributed by atoms with Crippen LogP contribution in [0.3, 0.4) is 0 Å². The van der Waals surface area contributed by atoms with E-state index in [4.69, 9.17) is 9.68 Å². The highest BCUT2D eigenvalue weighted by atomic mass is 16.6. The molecular formula is C8H5N5O3. The Morgan fingerprint density at radius 2 is 2.44 bits per heavy atom. The number of rotatable bonds is 3. The molecule has 16 heavy (non-hydrogen) atoms. The number of hydrogen-bond acceptors (Lipinski definition) is 6. The molecule has 0 aliphatic rings. The molecule has 8 heteroatoms. The van der Waals surface area contributed by atoms with Gasteiger partial charge in [0.05, 0.1) is 6.07 Å². The largest absolute Gasteiger partial charge is 0.433 e. The van der Waals surface area contributed by atoms with E-state index >= 15 is 0 Å². The minimum absolute atomic E-state index is 0.0426. The van der Waals surface area contributed by atoms with Crippen LogP contribution in [0.25, 0.3) is 0 Å². The minimum atomic E-state index is -0.619. The Morgan fingerprint density at radius 1 is 1.62 bits per heavy atom. The summed E-state index contributed by atoms with van der Waals surface area (Å²) in [6, 6.07) is 4.51. The fourth-order valence-corrected chi connectivity index (χ4v) is 1.13. The Hall–Kier alpha value is -2.69. The van der Waals surface area contributed by atoms with Crippen molar-refractivity contribution in [2.75, 3.05) is 0 Å². The van der Waals surface area contributed by atoms with Crippen LogP contribution in [0.2, 0.25) is 0 Å².